The number of carbonyl (C=O) groups is 1. The highest BCUT2D eigenvalue weighted by atomic mass is 79.9. The maximum atomic E-state index is 10.6. The van der Waals surface area contributed by atoms with E-state index in [0.29, 0.717) is 5.01 Å². The molecule has 2 rings (SSSR count). The first-order chi connectivity index (χ1) is 6.70. The van der Waals surface area contributed by atoms with Crippen LogP contribution in [-0.2, 0) is 0 Å². The Morgan fingerprint density at radius 1 is 1.43 bits per heavy atom. The zero-order valence-electron chi connectivity index (χ0n) is 7.28. The zero-order chi connectivity index (χ0) is 10.1. The summed E-state index contributed by atoms with van der Waals surface area (Å²) in [7, 11) is 0. The molecule has 2 aromatic rings. The van der Waals surface area contributed by atoms with Gasteiger partial charge in [0.2, 0.25) is 0 Å². The van der Waals surface area contributed by atoms with Gasteiger partial charge in [0, 0.05) is 4.88 Å². The summed E-state index contributed by atoms with van der Waals surface area (Å²) < 4.78 is 1.08. The SMILES string of the molecule is Cc1sc(C=O)nc1-c1ccc(Br)s1. The summed E-state index contributed by atoms with van der Waals surface area (Å²) in [6.07, 6.45) is 0.795. The number of hydrogen-bond acceptors (Lipinski definition) is 4. The molecule has 0 radical (unpaired) electrons. The molecule has 0 aliphatic rings. The predicted molar refractivity (Wildman–Crippen MR) is 63.3 cm³/mol. The summed E-state index contributed by atoms with van der Waals surface area (Å²) in [5.41, 5.74) is 0.924. The lowest BCUT2D eigenvalue weighted by molar-refractivity contribution is 0.112. The van der Waals surface area contributed by atoms with E-state index in [1.54, 1.807) is 11.3 Å². The molecular weight excluding hydrogens is 282 g/mol. The topological polar surface area (TPSA) is 30.0 Å². The highest BCUT2D eigenvalue weighted by Gasteiger charge is 2.10. The van der Waals surface area contributed by atoms with Crippen LogP contribution in [0, 0.1) is 6.92 Å². The largest absolute Gasteiger partial charge is 0.295 e. The molecular formula is C9H6BrNOS2. The maximum Gasteiger partial charge on any atom is 0.178 e. The lowest BCUT2D eigenvalue weighted by Gasteiger charge is -1.90. The van der Waals surface area contributed by atoms with Crippen molar-refractivity contribution in [3.8, 4) is 10.6 Å². The molecule has 0 spiro atoms. The zero-order valence-corrected chi connectivity index (χ0v) is 10.5. The number of aryl methyl sites for hydroxylation is 1. The van der Waals surface area contributed by atoms with Gasteiger partial charge in [-0.25, -0.2) is 4.98 Å². The van der Waals surface area contributed by atoms with Gasteiger partial charge in [0.25, 0.3) is 0 Å². The lowest BCUT2D eigenvalue weighted by atomic mass is 10.3. The van der Waals surface area contributed by atoms with Crippen molar-refractivity contribution in [1.29, 1.82) is 0 Å². The number of rotatable bonds is 2. The number of thiazole rings is 1. The molecule has 2 aromatic heterocycles. The second-order valence-corrected chi connectivity index (χ2v) is 6.38. The molecule has 0 amide bonds. The summed E-state index contributed by atoms with van der Waals surface area (Å²) in [4.78, 5) is 17.0. The first kappa shape index (κ1) is 10.0. The first-order valence-corrected chi connectivity index (χ1v) is 6.31. The number of aldehydes is 1. The van der Waals surface area contributed by atoms with Crippen LogP contribution in [0.25, 0.3) is 10.6 Å². The van der Waals surface area contributed by atoms with Crippen LogP contribution in [0.15, 0.2) is 15.9 Å². The van der Waals surface area contributed by atoms with Crippen molar-refractivity contribution < 1.29 is 4.79 Å². The maximum absolute atomic E-state index is 10.6. The summed E-state index contributed by atoms with van der Waals surface area (Å²) in [6.45, 7) is 1.98. The quantitative estimate of drug-likeness (QED) is 0.788. The second kappa shape index (κ2) is 3.92. The van der Waals surface area contributed by atoms with Crippen LogP contribution in [0.3, 0.4) is 0 Å². The molecule has 0 aliphatic carbocycles. The molecule has 0 saturated carbocycles. The molecule has 0 atom stereocenters. The van der Waals surface area contributed by atoms with E-state index in [-0.39, 0.29) is 0 Å². The van der Waals surface area contributed by atoms with Crippen molar-refractivity contribution in [2.75, 3.05) is 0 Å². The highest BCUT2D eigenvalue weighted by Crippen LogP contribution is 2.34. The molecule has 0 bridgehead atoms. The summed E-state index contributed by atoms with van der Waals surface area (Å²) in [6, 6.07) is 3.99. The van der Waals surface area contributed by atoms with E-state index in [1.165, 1.54) is 11.3 Å². The van der Waals surface area contributed by atoms with Gasteiger partial charge in [-0.05, 0) is 35.0 Å². The van der Waals surface area contributed by atoms with Gasteiger partial charge in [-0.1, -0.05) is 0 Å². The minimum absolute atomic E-state index is 0.544. The number of nitrogens with zero attached hydrogens (tertiary/aromatic N) is 1. The van der Waals surface area contributed by atoms with Gasteiger partial charge < -0.3 is 0 Å². The first-order valence-electron chi connectivity index (χ1n) is 3.89. The Kier molecular flexibility index (Phi) is 2.80. The number of hydrogen-bond donors (Lipinski definition) is 0. The molecule has 14 heavy (non-hydrogen) atoms. The molecule has 0 saturated heterocycles. The van der Waals surface area contributed by atoms with Crippen LogP contribution in [0.1, 0.15) is 14.7 Å². The minimum Gasteiger partial charge on any atom is -0.295 e. The van der Waals surface area contributed by atoms with E-state index in [4.69, 9.17) is 0 Å². The van der Waals surface area contributed by atoms with Crippen molar-refractivity contribution in [2.45, 2.75) is 6.92 Å². The third kappa shape index (κ3) is 1.80. The third-order valence-electron chi connectivity index (χ3n) is 1.72. The van der Waals surface area contributed by atoms with Crippen LogP contribution in [-0.4, -0.2) is 11.3 Å². The van der Waals surface area contributed by atoms with E-state index < -0.39 is 0 Å². The van der Waals surface area contributed by atoms with Gasteiger partial charge in [0.05, 0.1) is 14.4 Å². The smallest absolute Gasteiger partial charge is 0.178 e. The van der Waals surface area contributed by atoms with Gasteiger partial charge in [-0.2, -0.15) is 0 Å². The fraction of sp³-hybridized carbons (Fsp3) is 0.111. The Bertz CT molecular complexity index is 475. The number of carbonyl (C=O) groups excluding carboxylic acids is 1. The standard InChI is InChI=1S/C9H6BrNOS2/c1-5-9(11-8(4-12)13-5)6-2-3-7(10)14-6/h2-4H,1H3. The molecule has 72 valence electrons. The fourth-order valence-corrected chi connectivity index (χ4v) is 3.39. The molecule has 0 unspecified atom stereocenters. The van der Waals surface area contributed by atoms with Gasteiger partial charge in [0.15, 0.2) is 11.3 Å². The van der Waals surface area contributed by atoms with Crippen molar-refractivity contribution in [2.24, 2.45) is 0 Å². The second-order valence-electron chi connectivity index (χ2n) is 2.68. The minimum atomic E-state index is 0.544. The number of thiophene rings is 1. The van der Waals surface area contributed by atoms with Gasteiger partial charge in [0.1, 0.15) is 0 Å². The predicted octanol–water partition coefficient (Wildman–Crippen LogP) is 3.76. The van der Waals surface area contributed by atoms with Crippen molar-refractivity contribution >= 4 is 44.9 Å². The van der Waals surface area contributed by atoms with Crippen molar-refractivity contribution in [3.63, 3.8) is 0 Å². The van der Waals surface area contributed by atoms with Gasteiger partial charge in [-0.15, -0.1) is 22.7 Å². The van der Waals surface area contributed by atoms with Crippen molar-refractivity contribution in [3.05, 3.63) is 25.8 Å². The van der Waals surface area contributed by atoms with Crippen LogP contribution in [0.4, 0.5) is 0 Å². The summed E-state index contributed by atoms with van der Waals surface area (Å²) in [5.74, 6) is 0. The van der Waals surface area contributed by atoms with Gasteiger partial charge >= 0.3 is 0 Å². The average Bonchev–Trinajstić information content (AvgIpc) is 2.71. The van der Waals surface area contributed by atoms with Crippen LogP contribution >= 0.6 is 38.6 Å². The normalized spacial score (nSPS) is 10.4. The molecule has 0 aliphatic heterocycles. The monoisotopic (exact) mass is 287 g/mol. The third-order valence-corrected chi connectivity index (χ3v) is 4.25. The van der Waals surface area contributed by atoms with Gasteiger partial charge in [-0.3, -0.25) is 4.79 Å². The highest BCUT2D eigenvalue weighted by molar-refractivity contribution is 9.11. The van der Waals surface area contributed by atoms with Crippen LogP contribution in [0.2, 0.25) is 0 Å². The molecule has 0 aromatic carbocycles. The van der Waals surface area contributed by atoms with E-state index in [1.807, 2.05) is 19.1 Å². The lowest BCUT2D eigenvalue weighted by Crippen LogP contribution is -1.77. The average molecular weight is 288 g/mol. The molecule has 5 heteroatoms. The molecule has 2 nitrogen and oxygen atoms in total. The Morgan fingerprint density at radius 2 is 2.21 bits per heavy atom. The fourth-order valence-electron chi connectivity index (χ4n) is 1.14. The number of halogens is 1. The van der Waals surface area contributed by atoms with Crippen LogP contribution < -0.4 is 0 Å². The van der Waals surface area contributed by atoms with E-state index in [0.717, 1.165) is 25.5 Å². The van der Waals surface area contributed by atoms with E-state index in [9.17, 15) is 4.79 Å². The van der Waals surface area contributed by atoms with E-state index >= 15 is 0 Å². The molecule has 0 fully saturated rings. The summed E-state index contributed by atoms with van der Waals surface area (Å²) in [5, 5.41) is 0.544. The number of aromatic nitrogens is 1. The Hall–Kier alpha value is -0.520. The van der Waals surface area contributed by atoms with E-state index in [2.05, 4.69) is 20.9 Å². The Labute approximate surface area is 97.7 Å². The van der Waals surface area contributed by atoms with Crippen molar-refractivity contribution in [1.82, 2.24) is 4.98 Å². The Morgan fingerprint density at radius 3 is 2.71 bits per heavy atom. The Balaban J connectivity index is 2.50. The molecule has 2 heterocycles. The van der Waals surface area contributed by atoms with Crippen LogP contribution in [0.5, 0.6) is 0 Å². The summed E-state index contributed by atoms with van der Waals surface area (Å²) >= 11 is 6.46. The molecule has 0 N–H and O–H groups in total.